The van der Waals surface area contributed by atoms with Crippen molar-refractivity contribution in [3.05, 3.63) is 48.5 Å². The SMILES string of the molecule is CC(NC(=O)N[C@H](C)CCO)c1cccc(-n2ccnc2)c1. The minimum atomic E-state index is -0.235. The monoisotopic (exact) mass is 302 g/mol. The third-order valence-corrected chi connectivity index (χ3v) is 3.46. The maximum atomic E-state index is 11.9. The van der Waals surface area contributed by atoms with E-state index in [9.17, 15) is 4.79 Å². The summed E-state index contributed by atoms with van der Waals surface area (Å²) >= 11 is 0. The molecule has 0 saturated heterocycles. The van der Waals surface area contributed by atoms with Gasteiger partial charge in [-0.1, -0.05) is 12.1 Å². The molecule has 0 aliphatic carbocycles. The van der Waals surface area contributed by atoms with Crippen molar-refractivity contribution in [1.82, 2.24) is 20.2 Å². The summed E-state index contributed by atoms with van der Waals surface area (Å²) in [5.74, 6) is 0. The summed E-state index contributed by atoms with van der Waals surface area (Å²) in [6.07, 6.45) is 5.88. The maximum Gasteiger partial charge on any atom is 0.315 e. The molecular formula is C16H22N4O2. The molecule has 2 aromatic rings. The van der Waals surface area contributed by atoms with Gasteiger partial charge in [0.05, 0.1) is 12.4 Å². The fourth-order valence-corrected chi connectivity index (χ4v) is 2.18. The van der Waals surface area contributed by atoms with Crippen LogP contribution in [0, 0.1) is 0 Å². The van der Waals surface area contributed by atoms with Gasteiger partial charge >= 0.3 is 6.03 Å². The number of nitrogens with zero attached hydrogens (tertiary/aromatic N) is 2. The number of carbonyl (C=O) groups excluding carboxylic acids is 1. The molecule has 1 aromatic carbocycles. The average Bonchev–Trinajstić information content (AvgIpc) is 3.01. The number of hydrogen-bond donors (Lipinski definition) is 3. The molecule has 6 nitrogen and oxygen atoms in total. The molecule has 6 heteroatoms. The topological polar surface area (TPSA) is 79.2 Å². The molecule has 2 amide bonds. The van der Waals surface area contributed by atoms with Gasteiger partial charge in [-0.2, -0.15) is 0 Å². The van der Waals surface area contributed by atoms with Gasteiger partial charge in [-0.05, 0) is 38.0 Å². The van der Waals surface area contributed by atoms with Gasteiger partial charge in [0, 0.05) is 30.7 Å². The third kappa shape index (κ3) is 4.33. The van der Waals surface area contributed by atoms with Crippen LogP contribution >= 0.6 is 0 Å². The van der Waals surface area contributed by atoms with Crippen LogP contribution in [0.25, 0.3) is 5.69 Å². The fourth-order valence-electron chi connectivity index (χ4n) is 2.18. The Bertz CT molecular complexity index is 598. The van der Waals surface area contributed by atoms with Crippen molar-refractivity contribution >= 4 is 6.03 Å². The van der Waals surface area contributed by atoms with Crippen LogP contribution in [-0.4, -0.2) is 33.3 Å². The standard InChI is InChI=1S/C16H22N4O2/c1-12(6-9-21)18-16(22)19-13(2)14-4-3-5-15(10-14)20-8-7-17-11-20/h3-5,7-8,10-13,21H,6,9H2,1-2H3,(H2,18,19,22)/t12-,13?/m1/s1. The number of hydrogen-bond acceptors (Lipinski definition) is 3. The number of urea groups is 1. The van der Waals surface area contributed by atoms with Crippen molar-refractivity contribution < 1.29 is 9.90 Å². The summed E-state index contributed by atoms with van der Waals surface area (Å²) in [6, 6.07) is 7.52. The molecule has 118 valence electrons. The summed E-state index contributed by atoms with van der Waals surface area (Å²) in [5, 5.41) is 14.6. The van der Waals surface area contributed by atoms with Crippen LogP contribution in [0.2, 0.25) is 0 Å². The highest BCUT2D eigenvalue weighted by atomic mass is 16.3. The zero-order chi connectivity index (χ0) is 15.9. The molecule has 0 aliphatic rings. The number of carbonyl (C=O) groups is 1. The van der Waals surface area contributed by atoms with Gasteiger partial charge in [0.2, 0.25) is 0 Å². The molecule has 0 bridgehead atoms. The lowest BCUT2D eigenvalue weighted by Gasteiger charge is -2.18. The summed E-state index contributed by atoms with van der Waals surface area (Å²) in [4.78, 5) is 15.9. The Morgan fingerprint density at radius 2 is 2.18 bits per heavy atom. The van der Waals surface area contributed by atoms with E-state index in [1.165, 1.54) is 0 Å². The quantitative estimate of drug-likeness (QED) is 0.763. The molecule has 0 radical (unpaired) electrons. The van der Waals surface area contributed by atoms with Gasteiger partial charge in [-0.25, -0.2) is 9.78 Å². The normalized spacial score (nSPS) is 13.4. The number of rotatable bonds is 6. The molecule has 1 unspecified atom stereocenters. The van der Waals surface area contributed by atoms with E-state index >= 15 is 0 Å². The van der Waals surface area contributed by atoms with Crippen molar-refractivity contribution in [1.29, 1.82) is 0 Å². The van der Waals surface area contributed by atoms with Crippen LogP contribution in [0.1, 0.15) is 31.9 Å². The second kappa shape index (κ2) is 7.61. The molecule has 0 fully saturated rings. The maximum absolute atomic E-state index is 11.9. The van der Waals surface area contributed by atoms with Crippen molar-refractivity contribution in [3.8, 4) is 5.69 Å². The highest BCUT2D eigenvalue weighted by molar-refractivity contribution is 5.74. The molecular weight excluding hydrogens is 280 g/mol. The van der Waals surface area contributed by atoms with E-state index < -0.39 is 0 Å². The number of amides is 2. The second-order valence-corrected chi connectivity index (χ2v) is 5.32. The lowest BCUT2D eigenvalue weighted by molar-refractivity contribution is 0.228. The van der Waals surface area contributed by atoms with Gasteiger partial charge in [-0.15, -0.1) is 0 Å². The molecule has 0 spiro atoms. The van der Waals surface area contributed by atoms with Crippen molar-refractivity contribution in [2.24, 2.45) is 0 Å². The first-order valence-electron chi connectivity index (χ1n) is 7.36. The van der Waals surface area contributed by atoms with E-state index in [0.717, 1.165) is 11.3 Å². The van der Waals surface area contributed by atoms with Gasteiger partial charge in [0.25, 0.3) is 0 Å². The molecule has 0 aliphatic heterocycles. The van der Waals surface area contributed by atoms with Gasteiger partial charge in [0.15, 0.2) is 0 Å². The molecule has 0 saturated carbocycles. The summed E-state index contributed by atoms with van der Waals surface area (Å²) in [7, 11) is 0. The largest absolute Gasteiger partial charge is 0.396 e. The Balaban J connectivity index is 1.99. The number of imidazole rings is 1. The summed E-state index contributed by atoms with van der Waals surface area (Å²) in [6.45, 7) is 3.85. The Hall–Kier alpha value is -2.34. The Morgan fingerprint density at radius 1 is 1.36 bits per heavy atom. The third-order valence-electron chi connectivity index (χ3n) is 3.46. The first-order valence-corrected chi connectivity index (χ1v) is 7.36. The highest BCUT2D eigenvalue weighted by Crippen LogP contribution is 2.16. The predicted molar refractivity (Wildman–Crippen MR) is 84.8 cm³/mol. The Labute approximate surface area is 130 Å². The fraction of sp³-hybridized carbons (Fsp3) is 0.375. The number of nitrogens with one attached hydrogen (secondary N) is 2. The van der Waals surface area contributed by atoms with Crippen LogP contribution in [0.15, 0.2) is 43.0 Å². The molecule has 1 heterocycles. The molecule has 22 heavy (non-hydrogen) atoms. The summed E-state index contributed by atoms with van der Waals surface area (Å²) < 4.78 is 1.92. The second-order valence-electron chi connectivity index (χ2n) is 5.32. The first kappa shape index (κ1) is 16.0. The van der Waals surface area contributed by atoms with E-state index in [1.807, 2.05) is 48.9 Å². The minimum Gasteiger partial charge on any atom is -0.396 e. The van der Waals surface area contributed by atoms with Gasteiger partial charge < -0.3 is 20.3 Å². The minimum absolute atomic E-state index is 0.0595. The van der Waals surface area contributed by atoms with Crippen LogP contribution in [0.5, 0.6) is 0 Å². The van der Waals surface area contributed by atoms with E-state index in [4.69, 9.17) is 5.11 Å². The van der Waals surface area contributed by atoms with Crippen molar-refractivity contribution in [2.45, 2.75) is 32.4 Å². The zero-order valence-corrected chi connectivity index (χ0v) is 12.9. The van der Waals surface area contributed by atoms with Crippen LogP contribution < -0.4 is 10.6 Å². The Kier molecular flexibility index (Phi) is 5.55. The zero-order valence-electron chi connectivity index (χ0n) is 12.9. The number of aliphatic hydroxyl groups is 1. The lowest BCUT2D eigenvalue weighted by Crippen LogP contribution is -2.42. The predicted octanol–water partition coefficient (Wildman–Crippen LogP) is 2.00. The van der Waals surface area contributed by atoms with Crippen LogP contribution in [0.3, 0.4) is 0 Å². The highest BCUT2D eigenvalue weighted by Gasteiger charge is 2.12. The van der Waals surface area contributed by atoms with E-state index in [-0.39, 0.29) is 24.7 Å². The first-order chi connectivity index (χ1) is 10.6. The van der Waals surface area contributed by atoms with E-state index in [2.05, 4.69) is 15.6 Å². The molecule has 1 aromatic heterocycles. The smallest absolute Gasteiger partial charge is 0.315 e. The molecule has 2 rings (SSSR count). The van der Waals surface area contributed by atoms with E-state index in [1.54, 1.807) is 12.5 Å². The van der Waals surface area contributed by atoms with Gasteiger partial charge in [-0.3, -0.25) is 0 Å². The lowest BCUT2D eigenvalue weighted by atomic mass is 10.1. The van der Waals surface area contributed by atoms with Crippen molar-refractivity contribution in [3.63, 3.8) is 0 Å². The molecule has 2 atom stereocenters. The van der Waals surface area contributed by atoms with E-state index in [0.29, 0.717) is 6.42 Å². The average molecular weight is 302 g/mol. The van der Waals surface area contributed by atoms with Crippen LogP contribution in [-0.2, 0) is 0 Å². The number of aromatic nitrogens is 2. The van der Waals surface area contributed by atoms with Crippen molar-refractivity contribution in [2.75, 3.05) is 6.61 Å². The summed E-state index contributed by atoms with van der Waals surface area (Å²) in [5.41, 5.74) is 2.01. The van der Waals surface area contributed by atoms with Crippen LogP contribution in [0.4, 0.5) is 4.79 Å². The number of aliphatic hydroxyl groups excluding tert-OH is 1. The Morgan fingerprint density at radius 3 is 2.86 bits per heavy atom. The van der Waals surface area contributed by atoms with Gasteiger partial charge in [0.1, 0.15) is 0 Å². The molecule has 3 N–H and O–H groups in total. The number of benzene rings is 1.